The van der Waals surface area contributed by atoms with Crippen LogP contribution in [0.5, 0.6) is 0 Å². The van der Waals surface area contributed by atoms with E-state index in [0.29, 0.717) is 29.9 Å². The summed E-state index contributed by atoms with van der Waals surface area (Å²) in [5.74, 6) is -1.97. The number of Topliss-reactive ketones (excluding diaryl/α,β-unsaturated/α-hetero) is 1. The summed E-state index contributed by atoms with van der Waals surface area (Å²) < 4.78 is 4.85. The number of para-hydroxylation sites is 2. The second-order valence-electron chi connectivity index (χ2n) is 7.17. The van der Waals surface area contributed by atoms with E-state index in [1.54, 1.807) is 24.3 Å². The summed E-state index contributed by atoms with van der Waals surface area (Å²) in [6, 6.07) is 7.08. The number of carbonyl (C=O) groups is 2. The van der Waals surface area contributed by atoms with Gasteiger partial charge in [0.1, 0.15) is 11.7 Å². The fourth-order valence-electron chi connectivity index (χ4n) is 3.32. The number of nitrogen functional groups attached to an aromatic ring is 1. The Morgan fingerprint density at radius 3 is 2.58 bits per heavy atom. The number of anilines is 1. The van der Waals surface area contributed by atoms with Gasteiger partial charge in [0.05, 0.1) is 29.8 Å². The number of methoxy groups -OCH3 is 1. The largest absolute Gasteiger partial charge is 0.511 e. The maximum Gasteiger partial charge on any atom is 0.316 e. The minimum atomic E-state index is -0.907. The molecule has 3 N–H and O–H groups in total. The second kappa shape index (κ2) is 7.72. The van der Waals surface area contributed by atoms with E-state index in [2.05, 4.69) is 4.99 Å². The zero-order chi connectivity index (χ0) is 19.5. The van der Waals surface area contributed by atoms with Crippen LogP contribution < -0.4 is 5.73 Å². The van der Waals surface area contributed by atoms with Crippen molar-refractivity contribution in [2.24, 2.45) is 16.3 Å². The van der Waals surface area contributed by atoms with Crippen LogP contribution in [0.4, 0.5) is 11.4 Å². The van der Waals surface area contributed by atoms with Crippen molar-refractivity contribution in [1.29, 1.82) is 0 Å². The summed E-state index contributed by atoms with van der Waals surface area (Å²) in [6.07, 6.45) is 1.23. The number of benzene rings is 1. The first-order chi connectivity index (χ1) is 12.2. The maximum absolute atomic E-state index is 12.7. The van der Waals surface area contributed by atoms with Crippen LogP contribution in [-0.4, -0.2) is 29.7 Å². The molecule has 140 valence electrons. The van der Waals surface area contributed by atoms with Gasteiger partial charge in [-0.15, -0.1) is 0 Å². The van der Waals surface area contributed by atoms with Crippen molar-refractivity contribution in [1.82, 2.24) is 0 Å². The molecule has 1 aromatic rings. The first-order valence-electron chi connectivity index (χ1n) is 8.69. The van der Waals surface area contributed by atoms with E-state index < -0.39 is 17.3 Å². The molecule has 6 heteroatoms. The predicted molar refractivity (Wildman–Crippen MR) is 101 cm³/mol. The van der Waals surface area contributed by atoms with Crippen molar-refractivity contribution in [3.8, 4) is 0 Å². The smallest absolute Gasteiger partial charge is 0.316 e. The number of aliphatic hydroxyl groups excluding tert-OH is 1. The molecule has 0 amide bonds. The van der Waals surface area contributed by atoms with Crippen molar-refractivity contribution in [3.05, 3.63) is 35.6 Å². The minimum Gasteiger partial charge on any atom is -0.511 e. The number of hydrogen-bond donors (Lipinski definition) is 2. The number of rotatable bonds is 5. The predicted octanol–water partition coefficient (Wildman–Crippen LogP) is 3.74. The molecule has 2 rings (SSSR count). The van der Waals surface area contributed by atoms with Gasteiger partial charge in [-0.25, -0.2) is 0 Å². The van der Waals surface area contributed by atoms with E-state index in [1.807, 2.05) is 20.8 Å². The highest BCUT2D eigenvalue weighted by atomic mass is 16.5. The number of nitrogens with zero attached hydrogens (tertiary/aromatic N) is 1. The standard InChI is InChI=1S/C20H26N2O4/c1-5-8-15(23)16-14(22-13-10-7-6-9-12(13)21)11-20(2,3)17(18(16)24)19(25)26-4/h6-7,9-10,17,24H,5,8,11,21H2,1-4H3. The van der Waals surface area contributed by atoms with E-state index in [1.165, 1.54) is 7.11 Å². The molecule has 0 heterocycles. The molecule has 6 nitrogen and oxygen atoms in total. The Kier molecular flexibility index (Phi) is 5.85. The van der Waals surface area contributed by atoms with Gasteiger partial charge in [-0.3, -0.25) is 14.6 Å². The van der Waals surface area contributed by atoms with E-state index >= 15 is 0 Å². The molecule has 0 aromatic heterocycles. The van der Waals surface area contributed by atoms with Crippen molar-refractivity contribution in [2.45, 2.75) is 40.0 Å². The molecule has 0 saturated carbocycles. The molecule has 1 aliphatic carbocycles. The van der Waals surface area contributed by atoms with Crippen molar-refractivity contribution >= 4 is 28.8 Å². The average molecular weight is 358 g/mol. The summed E-state index contributed by atoms with van der Waals surface area (Å²) in [5.41, 5.74) is 6.89. The lowest BCUT2D eigenvalue weighted by Crippen LogP contribution is -2.41. The third-order valence-corrected chi connectivity index (χ3v) is 4.61. The number of nitrogens with two attached hydrogens (primary N) is 1. The zero-order valence-corrected chi connectivity index (χ0v) is 15.7. The van der Waals surface area contributed by atoms with Gasteiger partial charge in [-0.1, -0.05) is 32.9 Å². The summed E-state index contributed by atoms with van der Waals surface area (Å²) >= 11 is 0. The first kappa shape index (κ1) is 19.7. The quantitative estimate of drug-likeness (QED) is 0.616. The molecule has 0 aliphatic heterocycles. The van der Waals surface area contributed by atoms with Crippen LogP contribution in [0.2, 0.25) is 0 Å². The lowest BCUT2D eigenvalue weighted by Gasteiger charge is -2.37. The van der Waals surface area contributed by atoms with Crippen LogP contribution in [0.3, 0.4) is 0 Å². The van der Waals surface area contributed by atoms with Crippen molar-refractivity contribution in [2.75, 3.05) is 12.8 Å². The molecule has 0 fully saturated rings. The van der Waals surface area contributed by atoms with Gasteiger partial charge in [-0.2, -0.15) is 0 Å². The molecule has 1 aliphatic rings. The Bertz CT molecular complexity index is 778. The van der Waals surface area contributed by atoms with E-state index in [4.69, 9.17) is 10.5 Å². The van der Waals surface area contributed by atoms with E-state index in [-0.39, 0.29) is 23.5 Å². The van der Waals surface area contributed by atoms with Crippen LogP contribution in [0, 0.1) is 11.3 Å². The Hall–Kier alpha value is -2.63. The van der Waals surface area contributed by atoms with E-state index in [9.17, 15) is 14.7 Å². The number of aliphatic imine (C=N–C) groups is 1. The van der Waals surface area contributed by atoms with Gasteiger partial charge in [0.2, 0.25) is 0 Å². The molecule has 0 spiro atoms. The second-order valence-corrected chi connectivity index (χ2v) is 7.17. The van der Waals surface area contributed by atoms with Gasteiger partial charge in [0, 0.05) is 6.42 Å². The van der Waals surface area contributed by atoms with Crippen LogP contribution in [0.1, 0.15) is 40.0 Å². The third-order valence-electron chi connectivity index (χ3n) is 4.61. The number of hydrogen-bond acceptors (Lipinski definition) is 6. The SMILES string of the molecule is CCCC(=O)C1=C(O)C(C(=O)OC)C(C)(C)CC1=Nc1ccccc1N. The molecule has 0 bridgehead atoms. The maximum atomic E-state index is 12.7. The molecule has 1 atom stereocenters. The monoisotopic (exact) mass is 358 g/mol. The Balaban J connectivity index is 2.67. The molecule has 26 heavy (non-hydrogen) atoms. The molecule has 1 aromatic carbocycles. The Labute approximate surface area is 153 Å². The van der Waals surface area contributed by atoms with Gasteiger partial charge >= 0.3 is 5.97 Å². The molecule has 0 saturated heterocycles. The normalized spacial score (nSPS) is 20.9. The minimum absolute atomic E-state index is 0.116. The summed E-state index contributed by atoms with van der Waals surface area (Å²) in [4.78, 5) is 29.5. The van der Waals surface area contributed by atoms with Gasteiger partial charge in [-0.05, 0) is 30.4 Å². The van der Waals surface area contributed by atoms with Gasteiger partial charge in [0.25, 0.3) is 0 Å². The molecular weight excluding hydrogens is 332 g/mol. The fourth-order valence-corrected chi connectivity index (χ4v) is 3.32. The highest BCUT2D eigenvalue weighted by molar-refractivity contribution is 6.24. The summed E-state index contributed by atoms with van der Waals surface area (Å²) in [7, 11) is 1.27. The number of esters is 1. The number of carbonyl (C=O) groups excluding carboxylic acids is 2. The number of ether oxygens (including phenoxy) is 1. The molecule has 0 radical (unpaired) electrons. The van der Waals surface area contributed by atoms with Crippen LogP contribution in [0.15, 0.2) is 40.6 Å². The lowest BCUT2D eigenvalue weighted by molar-refractivity contribution is -0.149. The summed E-state index contributed by atoms with van der Waals surface area (Å²) in [5, 5.41) is 10.8. The highest BCUT2D eigenvalue weighted by Gasteiger charge is 2.47. The fraction of sp³-hybridized carbons (Fsp3) is 0.450. The highest BCUT2D eigenvalue weighted by Crippen LogP contribution is 2.43. The average Bonchev–Trinajstić information content (AvgIpc) is 2.55. The topological polar surface area (TPSA) is 102 Å². The van der Waals surface area contributed by atoms with Crippen LogP contribution >= 0.6 is 0 Å². The van der Waals surface area contributed by atoms with Crippen molar-refractivity contribution < 1.29 is 19.4 Å². The number of ketones is 1. The Morgan fingerprint density at radius 2 is 2.00 bits per heavy atom. The number of allylic oxidation sites excluding steroid dienone is 1. The molecular formula is C20H26N2O4. The Morgan fingerprint density at radius 1 is 1.35 bits per heavy atom. The van der Waals surface area contributed by atoms with Crippen molar-refractivity contribution in [3.63, 3.8) is 0 Å². The van der Waals surface area contributed by atoms with Crippen LogP contribution in [0.25, 0.3) is 0 Å². The molecule has 1 unspecified atom stereocenters. The van der Waals surface area contributed by atoms with Gasteiger partial charge < -0.3 is 15.6 Å². The number of aliphatic hydroxyl groups is 1. The third kappa shape index (κ3) is 3.79. The van der Waals surface area contributed by atoms with E-state index in [0.717, 1.165) is 0 Å². The zero-order valence-electron chi connectivity index (χ0n) is 15.7. The van der Waals surface area contributed by atoms with Crippen LogP contribution in [-0.2, 0) is 14.3 Å². The summed E-state index contributed by atoms with van der Waals surface area (Å²) in [6.45, 7) is 5.57. The van der Waals surface area contributed by atoms with Gasteiger partial charge in [0.15, 0.2) is 5.78 Å². The lowest BCUT2D eigenvalue weighted by atomic mass is 9.67. The first-order valence-corrected chi connectivity index (χ1v) is 8.69.